The molecule has 3 aromatic rings. The van der Waals surface area contributed by atoms with Gasteiger partial charge in [-0.1, -0.05) is 72.8 Å². The lowest BCUT2D eigenvalue weighted by atomic mass is 10.0. The van der Waals surface area contributed by atoms with Crippen LogP contribution in [0.4, 0.5) is 0 Å². The summed E-state index contributed by atoms with van der Waals surface area (Å²) in [6, 6.07) is 24.9. The van der Waals surface area contributed by atoms with E-state index in [0.29, 0.717) is 11.1 Å². The molecular weight excluding hydrogens is 446 g/mol. The predicted molar refractivity (Wildman–Crippen MR) is 127 cm³/mol. The van der Waals surface area contributed by atoms with Crippen molar-refractivity contribution in [2.24, 2.45) is 5.92 Å². The van der Waals surface area contributed by atoms with Gasteiger partial charge in [0.05, 0.1) is 11.1 Å². The van der Waals surface area contributed by atoms with Gasteiger partial charge in [0, 0.05) is 6.54 Å². The molecule has 3 aromatic carbocycles. The van der Waals surface area contributed by atoms with Crippen LogP contribution in [0, 0.1) is 5.92 Å². The summed E-state index contributed by atoms with van der Waals surface area (Å²) in [5.41, 5.74) is 2.31. The van der Waals surface area contributed by atoms with Gasteiger partial charge in [-0.05, 0) is 36.1 Å². The van der Waals surface area contributed by atoms with E-state index in [1.54, 1.807) is 24.3 Å². The van der Waals surface area contributed by atoms with E-state index < -0.39 is 17.9 Å². The Morgan fingerprint density at radius 2 is 1.09 bits per heavy atom. The largest absolute Gasteiger partial charge is 0.460 e. The summed E-state index contributed by atoms with van der Waals surface area (Å²) in [4.78, 5) is 52.0. The van der Waals surface area contributed by atoms with Crippen molar-refractivity contribution in [3.63, 3.8) is 0 Å². The van der Waals surface area contributed by atoms with Crippen molar-refractivity contribution in [2.45, 2.75) is 26.1 Å². The number of hydrogen-bond donors (Lipinski definition) is 0. The highest BCUT2D eigenvalue weighted by Crippen LogP contribution is 2.23. The number of carbonyl (C=O) groups excluding carboxylic acids is 4. The Morgan fingerprint density at radius 1 is 0.657 bits per heavy atom. The topological polar surface area (TPSA) is 90.0 Å². The summed E-state index contributed by atoms with van der Waals surface area (Å²) < 4.78 is 10.8. The van der Waals surface area contributed by atoms with Crippen LogP contribution in [0.15, 0.2) is 84.9 Å². The molecule has 0 bridgehead atoms. The Balaban J connectivity index is 1.38. The lowest BCUT2D eigenvalue weighted by Gasteiger charge is -2.18. The summed E-state index contributed by atoms with van der Waals surface area (Å²) >= 11 is 0. The molecule has 7 heteroatoms. The van der Waals surface area contributed by atoms with Crippen LogP contribution in [0.5, 0.6) is 0 Å². The number of imide groups is 1. The number of fused-ring (bicyclic) bond motifs is 1. The van der Waals surface area contributed by atoms with E-state index in [9.17, 15) is 19.2 Å². The SMILES string of the molecule is O=C(OCc1ccccc1)C(CCCN1C(=O)c2ccccc2C1=O)C(=O)OCc1ccccc1. The van der Waals surface area contributed by atoms with E-state index in [1.165, 1.54) is 0 Å². The Kier molecular flexibility index (Phi) is 7.67. The zero-order chi connectivity index (χ0) is 24.6. The molecule has 1 aliphatic rings. The van der Waals surface area contributed by atoms with Crippen molar-refractivity contribution in [2.75, 3.05) is 6.54 Å². The average molecular weight is 472 g/mol. The highest BCUT2D eigenvalue weighted by atomic mass is 16.6. The fourth-order valence-corrected chi connectivity index (χ4v) is 3.89. The van der Waals surface area contributed by atoms with Gasteiger partial charge in [0.2, 0.25) is 0 Å². The number of carbonyl (C=O) groups is 4. The first-order valence-corrected chi connectivity index (χ1v) is 11.4. The molecule has 0 spiro atoms. The zero-order valence-electron chi connectivity index (χ0n) is 19.1. The molecule has 0 radical (unpaired) electrons. The molecule has 0 unspecified atom stereocenters. The molecule has 0 atom stereocenters. The van der Waals surface area contributed by atoms with Crippen molar-refractivity contribution < 1.29 is 28.7 Å². The van der Waals surface area contributed by atoms with Gasteiger partial charge in [-0.15, -0.1) is 0 Å². The van der Waals surface area contributed by atoms with Crippen molar-refractivity contribution in [1.29, 1.82) is 0 Å². The second-order valence-electron chi connectivity index (χ2n) is 8.19. The molecular formula is C28H25NO6. The Bertz CT molecular complexity index is 1120. The highest BCUT2D eigenvalue weighted by Gasteiger charge is 2.36. The van der Waals surface area contributed by atoms with Gasteiger partial charge in [-0.25, -0.2) is 0 Å². The quantitative estimate of drug-likeness (QED) is 0.251. The van der Waals surface area contributed by atoms with Gasteiger partial charge >= 0.3 is 11.9 Å². The standard InChI is InChI=1S/C28H25NO6/c30-25-22-14-7-8-15-23(22)26(31)29(25)17-9-16-24(27(32)34-18-20-10-3-1-4-11-20)28(33)35-19-21-12-5-2-6-13-21/h1-8,10-15,24H,9,16-19H2. The number of rotatable bonds is 10. The summed E-state index contributed by atoms with van der Waals surface area (Å²) in [5, 5.41) is 0. The molecule has 1 aliphatic heterocycles. The highest BCUT2D eigenvalue weighted by molar-refractivity contribution is 6.21. The molecule has 0 saturated heterocycles. The van der Waals surface area contributed by atoms with Crippen LogP contribution in [0.25, 0.3) is 0 Å². The molecule has 1 heterocycles. The first-order chi connectivity index (χ1) is 17.0. The number of benzene rings is 3. The lowest BCUT2D eigenvalue weighted by Crippen LogP contribution is -2.33. The number of hydrogen-bond acceptors (Lipinski definition) is 6. The first-order valence-electron chi connectivity index (χ1n) is 11.4. The molecule has 35 heavy (non-hydrogen) atoms. The number of esters is 2. The van der Waals surface area contributed by atoms with Gasteiger partial charge in [-0.2, -0.15) is 0 Å². The normalized spacial score (nSPS) is 12.5. The minimum atomic E-state index is -1.17. The Morgan fingerprint density at radius 3 is 1.54 bits per heavy atom. The Labute approximate surface area is 203 Å². The van der Waals surface area contributed by atoms with Crippen LogP contribution in [0.3, 0.4) is 0 Å². The maximum atomic E-state index is 12.8. The molecule has 0 fully saturated rings. The van der Waals surface area contributed by atoms with E-state index in [4.69, 9.17) is 9.47 Å². The van der Waals surface area contributed by atoms with Crippen LogP contribution in [0.1, 0.15) is 44.7 Å². The monoisotopic (exact) mass is 471 g/mol. The number of nitrogens with zero attached hydrogens (tertiary/aromatic N) is 1. The first kappa shape index (κ1) is 23.9. The fourth-order valence-electron chi connectivity index (χ4n) is 3.89. The second-order valence-corrected chi connectivity index (χ2v) is 8.19. The van der Waals surface area contributed by atoms with E-state index in [-0.39, 0.29) is 44.4 Å². The van der Waals surface area contributed by atoms with Crippen LogP contribution in [-0.4, -0.2) is 35.2 Å². The summed E-state index contributed by atoms with van der Waals surface area (Å²) in [6.07, 6.45) is 0.325. The van der Waals surface area contributed by atoms with Crippen molar-refractivity contribution in [3.05, 3.63) is 107 Å². The molecule has 0 aromatic heterocycles. The van der Waals surface area contributed by atoms with Crippen LogP contribution in [0.2, 0.25) is 0 Å². The minimum Gasteiger partial charge on any atom is -0.460 e. The molecule has 0 aliphatic carbocycles. The van der Waals surface area contributed by atoms with E-state index in [2.05, 4.69) is 0 Å². The van der Waals surface area contributed by atoms with Crippen LogP contribution >= 0.6 is 0 Å². The molecule has 4 rings (SSSR count). The fraction of sp³-hybridized carbons (Fsp3) is 0.214. The lowest BCUT2D eigenvalue weighted by molar-refractivity contribution is -0.164. The van der Waals surface area contributed by atoms with Gasteiger partial charge in [0.1, 0.15) is 13.2 Å². The van der Waals surface area contributed by atoms with E-state index in [1.807, 2.05) is 60.7 Å². The van der Waals surface area contributed by atoms with E-state index >= 15 is 0 Å². The van der Waals surface area contributed by atoms with Gasteiger partial charge in [0.25, 0.3) is 11.8 Å². The van der Waals surface area contributed by atoms with Crippen molar-refractivity contribution in [1.82, 2.24) is 4.90 Å². The third-order valence-electron chi connectivity index (χ3n) is 5.77. The molecule has 0 saturated carbocycles. The van der Waals surface area contributed by atoms with Crippen LogP contribution < -0.4 is 0 Å². The summed E-state index contributed by atoms with van der Waals surface area (Å²) in [7, 11) is 0. The van der Waals surface area contributed by atoms with Gasteiger partial charge in [0.15, 0.2) is 5.92 Å². The maximum Gasteiger partial charge on any atom is 0.320 e. The van der Waals surface area contributed by atoms with Gasteiger partial charge < -0.3 is 9.47 Å². The Hall–Kier alpha value is -4.26. The molecule has 178 valence electrons. The minimum absolute atomic E-state index is 0.0283. The molecule has 7 nitrogen and oxygen atoms in total. The van der Waals surface area contributed by atoms with E-state index in [0.717, 1.165) is 16.0 Å². The predicted octanol–water partition coefficient (Wildman–Crippen LogP) is 4.17. The maximum absolute atomic E-state index is 12.8. The second kappa shape index (κ2) is 11.2. The molecule has 0 N–H and O–H groups in total. The smallest absolute Gasteiger partial charge is 0.320 e. The zero-order valence-corrected chi connectivity index (χ0v) is 19.1. The van der Waals surface area contributed by atoms with Crippen molar-refractivity contribution >= 4 is 23.8 Å². The molecule has 2 amide bonds. The van der Waals surface area contributed by atoms with Crippen molar-refractivity contribution in [3.8, 4) is 0 Å². The van der Waals surface area contributed by atoms with Gasteiger partial charge in [-0.3, -0.25) is 24.1 Å². The number of ether oxygens (including phenoxy) is 2. The third-order valence-corrected chi connectivity index (χ3v) is 5.77. The average Bonchev–Trinajstić information content (AvgIpc) is 3.14. The summed E-state index contributed by atoms with van der Waals surface area (Å²) in [5.74, 6) is -3.32. The summed E-state index contributed by atoms with van der Waals surface area (Å²) in [6.45, 7) is 0.141. The number of amides is 2. The third kappa shape index (κ3) is 5.81. The van der Waals surface area contributed by atoms with Crippen LogP contribution in [-0.2, 0) is 32.3 Å².